The van der Waals surface area contributed by atoms with Crippen LogP contribution in [0.4, 0.5) is 0 Å². The normalized spacial score (nSPS) is 24.8. The van der Waals surface area contributed by atoms with E-state index in [2.05, 4.69) is 70.5 Å². The van der Waals surface area contributed by atoms with Gasteiger partial charge >= 0.3 is 0 Å². The van der Waals surface area contributed by atoms with Crippen LogP contribution in [0.25, 0.3) is 0 Å². The first kappa shape index (κ1) is 18.9. The predicted molar refractivity (Wildman–Crippen MR) is 117 cm³/mol. The van der Waals surface area contributed by atoms with Crippen molar-refractivity contribution in [1.82, 2.24) is 9.80 Å². The van der Waals surface area contributed by atoms with E-state index in [0.29, 0.717) is 17.4 Å². The summed E-state index contributed by atoms with van der Waals surface area (Å²) in [6, 6.07) is 21.9. The zero-order chi connectivity index (χ0) is 19.7. The Morgan fingerprint density at radius 1 is 0.897 bits per heavy atom. The molecule has 0 aromatic heterocycles. The first-order valence-corrected chi connectivity index (χ1v) is 11.3. The summed E-state index contributed by atoms with van der Waals surface area (Å²) in [5, 5.41) is 0. The van der Waals surface area contributed by atoms with Crippen LogP contribution in [0.2, 0.25) is 0 Å². The van der Waals surface area contributed by atoms with Gasteiger partial charge in [0.25, 0.3) is 0 Å². The number of benzene rings is 2. The molecule has 1 unspecified atom stereocenters. The zero-order valence-corrected chi connectivity index (χ0v) is 17.3. The Kier molecular flexibility index (Phi) is 5.17. The van der Waals surface area contributed by atoms with E-state index in [0.717, 1.165) is 25.9 Å². The van der Waals surface area contributed by atoms with Crippen LogP contribution in [0, 0.1) is 5.41 Å². The quantitative estimate of drug-likeness (QED) is 0.753. The Morgan fingerprint density at radius 2 is 1.55 bits per heavy atom. The number of carbonyl (C=O) groups excluding carboxylic acids is 1. The molecule has 3 nitrogen and oxygen atoms in total. The fourth-order valence-corrected chi connectivity index (χ4v) is 5.41. The SMILES string of the molecule is O=C1C(c2ccccc2)CC2(CCN(CCc3ccccc3)CC2)CN1C1CC1. The van der Waals surface area contributed by atoms with Gasteiger partial charge in [0.2, 0.25) is 5.91 Å². The third-order valence-corrected chi connectivity index (χ3v) is 7.39. The van der Waals surface area contributed by atoms with Crippen molar-refractivity contribution in [3.8, 4) is 0 Å². The van der Waals surface area contributed by atoms with Crippen molar-refractivity contribution in [2.24, 2.45) is 5.41 Å². The van der Waals surface area contributed by atoms with E-state index < -0.39 is 0 Å². The van der Waals surface area contributed by atoms with Gasteiger partial charge in [0, 0.05) is 19.1 Å². The Balaban J connectivity index is 1.26. The molecule has 2 aromatic carbocycles. The molecule has 0 N–H and O–H groups in total. The lowest BCUT2D eigenvalue weighted by Crippen LogP contribution is -2.54. The number of piperidine rings is 2. The second-order valence-corrected chi connectivity index (χ2v) is 9.44. The average molecular weight is 389 g/mol. The number of hydrogen-bond acceptors (Lipinski definition) is 2. The zero-order valence-electron chi connectivity index (χ0n) is 17.3. The molecule has 5 rings (SSSR count). The molecule has 1 saturated carbocycles. The summed E-state index contributed by atoms with van der Waals surface area (Å²) in [6.45, 7) is 4.47. The maximum Gasteiger partial charge on any atom is 0.230 e. The van der Waals surface area contributed by atoms with Gasteiger partial charge in [-0.15, -0.1) is 0 Å². The standard InChI is InChI=1S/C26H32N2O/c29-25-24(22-9-5-2-6-10-22)19-26(20-28(25)23-11-12-23)14-17-27(18-15-26)16-13-21-7-3-1-4-8-21/h1-10,23-24H,11-20H2. The predicted octanol–water partition coefficient (Wildman–Crippen LogP) is 4.49. The van der Waals surface area contributed by atoms with Crippen LogP contribution in [-0.4, -0.2) is 47.9 Å². The van der Waals surface area contributed by atoms with E-state index in [9.17, 15) is 4.79 Å². The van der Waals surface area contributed by atoms with Crippen molar-refractivity contribution in [1.29, 1.82) is 0 Å². The number of likely N-dealkylation sites (tertiary alicyclic amines) is 2. The van der Waals surface area contributed by atoms with E-state index in [-0.39, 0.29) is 5.92 Å². The van der Waals surface area contributed by atoms with Gasteiger partial charge in [-0.1, -0.05) is 60.7 Å². The van der Waals surface area contributed by atoms with Crippen LogP contribution < -0.4 is 0 Å². The van der Waals surface area contributed by atoms with Crippen LogP contribution in [0.1, 0.15) is 49.1 Å². The van der Waals surface area contributed by atoms with Gasteiger partial charge in [0.05, 0.1) is 5.92 Å². The van der Waals surface area contributed by atoms with Gasteiger partial charge in [-0.25, -0.2) is 0 Å². The molecule has 1 aliphatic carbocycles. The van der Waals surface area contributed by atoms with Crippen molar-refractivity contribution in [2.45, 2.75) is 50.5 Å². The van der Waals surface area contributed by atoms with Gasteiger partial charge in [0.15, 0.2) is 0 Å². The summed E-state index contributed by atoms with van der Waals surface area (Å²) in [5.41, 5.74) is 2.95. The molecule has 0 radical (unpaired) electrons. The highest BCUT2D eigenvalue weighted by atomic mass is 16.2. The number of rotatable bonds is 5. The largest absolute Gasteiger partial charge is 0.339 e. The molecule has 3 fully saturated rings. The molecule has 3 heteroatoms. The molecular formula is C26H32N2O. The Labute approximate surface area is 174 Å². The van der Waals surface area contributed by atoms with Crippen LogP contribution in [-0.2, 0) is 11.2 Å². The number of amides is 1. The number of hydrogen-bond donors (Lipinski definition) is 0. The van der Waals surface area contributed by atoms with Gasteiger partial charge in [-0.2, -0.15) is 0 Å². The van der Waals surface area contributed by atoms with Crippen LogP contribution in [0.3, 0.4) is 0 Å². The summed E-state index contributed by atoms with van der Waals surface area (Å²) in [5.74, 6) is 0.442. The molecule has 1 spiro atoms. The van der Waals surface area contributed by atoms with Crippen molar-refractivity contribution >= 4 is 5.91 Å². The molecule has 0 bridgehead atoms. The fraction of sp³-hybridized carbons (Fsp3) is 0.500. The summed E-state index contributed by atoms with van der Waals surface area (Å²) >= 11 is 0. The number of nitrogens with zero attached hydrogens (tertiary/aromatic N) is 2. The first-order chi connectivity index (χ1) is 14.2. The molecule has 1 amide bonds. The first-order valence-electron chi connectivity index (χ1n) is 11.3. The molecule has 3 aliphatic rings. The molecule has 1 atom stereocenters. The van der Waals surface area contributed by atoms with Gasteiger partial charge in [-0.05, 0) is 68.2 Å². The van der Waals surface area contributed by atoms with Crippen molar-refractivity contribution < 1.29 is 4.79 Å². The van der Waals surface area contributed by atoms with Gasteiger partial charge in [0.1, 0.15) is 0 Å². The molecule has 2 aromatic rings. The number of carbonyl (C=O) groups is 1. The highest BCUT2D eigenvalue weighted by molar-refractivity contribution is 5.85. The van der Waals surface area contributed by atoms with E-state index in [1.54, 1.807) is 0 Å². The maximum absolute atomic E-state index is 13.3. The molecule has 2 heterocycles. The van der Waals surface area contributed by atoms with E-state index in [1.807, 2.05) is 0 Å². The van der Waals surface area contributed by atoms with E-state index in [4.69, 9.17) is 0 Å². The minimum Gasteiger partial charge on any atom is -0.339 e. The van der Waals surface area contributed by atoms with E-state index >= 15 is 0 Å². The fourth-order valence-electron chi connectivity index (χ4n) is 5.41. The lowest BCUT2D eigenvalue weighted by Gasteiger charge is -2.50. The molecule has 2 aliphatic heterocycles. The van der Waals surface area contributed by atoms with Gasteiger partial charge in [-0.3, -0.25) is 4.79 Å². The summed E-state index contributed by atoms with van der Waals surface area (Å²) in [7, 11) is 0. The Morgan fingerprint density at radius 3 is 2.21 bits per heavy atom. The van der Waals surface area contributed by atoms with Crippen molar-refractivity contribution in [2.75, 3.05) is 26.2 Å². The van der Waals surface area contributed by atoms with Crippen LogP contribution in [0.5, 0.6) is 0 Å². The monoisotopic (exact) mass is 388 g/mol. The minimum atomic E-state index is 0.0569. The lowest BCUT2D eigenvalue weighted by atomic mass is 9.67. The average Bonchev–Trinajstić information content (AvgIpc) is 3.62. The summed E-state index contributed by atoms with van der Waals surface area (Å²) in [6.07, 6.45) is 7.01. The minimum absolute atomic E-state index is 0.0569. The highest BCUT2D eigenvalue weighted by Crippen LogP contribution is 2.48. The Hall–Kier alpha value is -2.13. The highest BCUT2D eigenvalue weighted by Gasteiger charge is 2.49. The third-order valence-electron chi connectivity index (χ3n) is 7.39. The molecule has 152 valence electrons. The molecular weight excluding hydrogens is 356 g/mol. The van der Waals surface area contributed by atoms with Crippen molar-refractivity contribution in [3.05, 3.63) is 71.8 Å². The van der Waals surface area contributed by atoms with E-state index in [1.165, 1.54) is 49.9 Å². The Bertz CT molecular complexity index is 822. The summed E-state index contributed by atoms with van der Waals surface area (Å²) in [4.78, 5) is 18.2. The maximum atomic E-state index is 13.3. The third kappa shape index (κ3) is 4.11. The second kappa shape index (κ2) is 7.95. The van der Waals surface area contributed by atoms with Crippen molar-refractivity contribution in [3.63, 3.8) is 0 Å². The topological polar surface area (TPSA) is 23.6 Å². The molecule has 29 heavy (non-hydrogen) atoms. The summed E-state index contributed by atoms with van der Waals surface area (Å²) < 4.78 is 0. The smallest absolute Gasteiger partial charge is 0.230 e. The van der Waals surface area contributed by atoms with Crippen LogP contribution in [0.15, 0.2) is 60.7 Å². The van der Waals surface area contributed by atoms with Gasteiger partial charge < -0.3 is 9.80 Å². The second-order valence-electron chi connectivity index (χ2n) is 9.44. The van der Waals surface area contributed by atoms with Crippen LogP contribution >= 0.6 is 0 Å². The molecule has 2 saturated heterocycles. The lowest BCUT2D eigenvalue weighted by molar-refractivity contribution is -0.142.